The molecule has 0 heterocycles. The minimum atomic E-state index is -1.08. The predicted octanol–water partition coefficient (Wildman–Crippen LogP) is 2.58. The molecule has 6 nitrogen and oxygen atoms in total. The van der Waals surface area contributed by atoms with Crippen LogP contribution in [-0.4, -0.2) is 51.8 Å². The van der Waals surface area contributed by atoms with Crippen molar-refractivity contribution in [2.75, 3.05) is 13.1 Å². The van der Waals surface area contributed by atoms with Crippen LogP contribution in [0.2, 0.25) is 0 Å². The second-order valence-corrected chi connectivity index (χ2v) is 6.70. The third-order valence-electron chi connectivity index (χ3n) is 4.63. The molecule has 0 aliphatic carbocycles. The molecule has 2 aromatic rings. The van der Waals surface area contributed by atoms with E-state index in [0.29, 0.717) is 13.0 Å². The third-order valence-corrected chi connectivity index (χ3v) is 4.63. The van der Waals surface area contributed by atoms with E-state index in [9.17, 15) is 19.5 Å². The van der Waals surface area contributed by atoms with Crippen molar-refractivity contribution in [1.82, 2.24) is 9.80 Å². The summed E-state index contributed by atoms with van der Waals surface area (Å²) < 4.78 is 0. The normalized spacial score (nSPS) is 11.5. The summed E-state index contributed by atoms with van der Waals surface area (Å²) in [6, 6.07) is 17.9. The standard InChI is InChI=1S/C22H26N2O4/c1-17(22(27)28)24(15-20-11-7-4-8-12-20)21(26)16-23(18(2)25)14-13-19-9-5-3-6-10-19/h3-12,17H,13-16H2,1-2H3,(H,27,28). The summed E-state index contributed by atoms with van der Waals surface area (Å²) in [5, 5.41) is 9.40. The Kier molecular flexibility index (Phi) is 7.75. The molecule has 1 atom stereocenters. The Bertz CT molecular complexity index is 793. The molecule has 1 N–H and O–H groups in total. The summed E-state index contributed by atoms with van der Waals surface area (Å²) in [4.78, 5) is 39.2. The molecular formula is C22H26N2O4. The molecule has 0 fully saturated rings. The lowest BCUT2D eigenvalue weighted by Gasteiger charge is -2.30. The molecule has 0 radical (unpaired) electrons. The summed E-state index contributed by atoms with van der Waals surface area (Å²) in [7, 11) is 0. The lowest BCUT2D eigenvalue weighted by Crippen LogP contribution is -2.48. The van der Waals surface area contributed by atoms with E-state index in [1.54, 1.807) is 0 Å². The predicted molar refractivity (Wildman–Crippen MR) is 106 cm³/mol. The van der Waals surface area contributed by atoms with Gasteiger partial charge in [-0.05, 0) is 24.5 Å². The fourth-order valence-corrected chi connectivity index (χ4v) is 2.87. The van der Waals surface area contributed by atoms with Crippen molar-refractivity contribution in [3.63, 3.8) is 0 Å². The highest BCUT2D eigenvalue weighted by Gasteiger charge is 2.27. The zero-order chi connectivity index (χ0) is 20.5. The van der Waals surface area contributed by atoms with Crippen LogP contribution in [0.3, 0.4) is 0 Å². The fraction of sp³-hybridized carbons (Fsp3) is 0.318. The lowest BCUT2D eigenvalue weighted by atomic mass is 10.1. The monoisotopic (exact) mass is 382 g/mol. The van der Waals surface area contributed by atoms with Gasteiger partial charge >= 0.3 is 5.97 Å². The Morgan fingerprint density at radius 2 is 1.46 bits per heavy atom. The minimum absolute atomic E-state index is 0.146. The van der Waals surface area contributed by atoms with E-state index in [2.05, 4.69) is 0 Å². The van der Waals surface area contributed by atoms with Gasteiger partial charge in [0.1, 0.15) is 6.04 Å². The second-order valence-electron chi connectivity index (χ2n) is 6.70. The maximum atomic E-state index is 12.9. The molecule has 2 rings (SSSR count). The van der Waals surface area contributed by atoms with Gasteiger partial charge in [-0.1, -0.05) is 60.7 Å². The van der Waals surface area contributed by atoms with Crippen molar-refractivity contribution in [1.29, 1.82) is 0 Å². The molecule has 0 bridgehead atoms. The number of benzene rings is 2. The molecule has 28 heavy (non-hydrogen) atoms. The Labute approximate surface area is 165 Å². The largest absolute Gasteiger partial charge is 0.480 e. The molecule has 0 spiro atoms. The number of nitrogens with zero attached hydrogens (tertiary/aromatic N) is 2. The highest BCUT2D eigenvalue weighted by molar-refractivity contribution is 5.87. The van der Waals surface area contributed by atoms with Crippen LogP contribution in [0.25, 0.3) is 0 Å². The number of carboxylic acid groups (broad SMARTS) is 1. The van der Waals surface area contributed by atoms with E-state index in [-0.39, 0.29) is 24.9 Å². The third kappa shape index (κ3) is 6.23. The Balaban J connectivity index is 2.09. The Morgan fingerprint density at radius 3 is 1.96 bits per heavy atom. The molecule has 6 heteroatoms. The number of hydrogen-bond acceptors (Lipinski definition) is 3. The molecule has 0 aliphatic heterocycles. The highest BCUT2D eigenvalue weighted by atomic mass is 16.4. The van der Waals surface area contributed by atoms with Crippen molar-refractivity contribution >= 4 is 17.8 Å². The molecular weight excluding hydrogens is 356 g/mol. The molecule has 2 amide bonds. The van der Waals surface area contributed by atoms with E-state index >= 15 is 0 Å². The van der Waals surface area contributed by atoms with Gasteiger partial charge in [0.25, 0.3) is 0 Å². The molecule has 0 saturated carbocycles. The van der Waals surface area contributed by atoms with Gasteiger partial charge in [-0.2, -0.15) is 0 Å². The van der Waals surface area contributed by atoms with Gasteiger partial charge in [-0.15, -0.1) is 0 Å². The summed E-state index contributed by atoms with van der Waals surface area (Å²) >= 11 is 0. The van der Waals surface area contributed by atoms with E-state index in [4.69, 9.17) is 0 Å². The molecule has 0 saturated heterocycles. The van der Waals surface area contributed by atoms with Crippen LogP contribution in [-0.2, 0) is 27.3 Å². The van der Waals surface area contributed by atoms with E-state index in [1.165, 1.54) is 23.6 Å². The zero-order valence-corrected chi connectivity index (χ0v) is 16.2. The number of carbonyl (C=O) groups excluding carboxylic acids is 2. The van der Waals surface area contributed by atoms with E-state index in [0.717, 1.165) is 11.1 Å². The summed E-state index contributed by atoms with van der Waals surface area (Å²) in [5.74, 6) is -1.68. The first kappa shape index (κ1) is 21.2. The first-order valence-electron chi connectivity index (χ1n) is 9.24. The molecule has 0 aliphatic rings. The van der Waals surface area contributed by atoms with Crippen LogP contribution in [0.5, 0.6) is 0 Å². The highest BCUT2D eigenvalue weighted by Crippen LogP contribution is 2.11. The van der Waals surface area contributed by atoms with E-state index < -0.39 is 12.0 Å². The van der Waals surface area contributed by atoms with Crippen molar-refractivity contribution < 1.29 is 19.5 Å². The average Bonchev–Trinajstić information content (AvgIpc) is 2.69. The van der Waals surface area contributed by atoms with Gasteiger partial charge < -0.3 is 14.9 Å². The minimum Gasteiger partial charge on any atom is -0.480 e. The van der Waals surface area contributed by atoms with Crippen molar-refractivity contribution in [2.24, 2.45) is 0 Å². The van der Waals surface area contributed by atoms with Gasteiger partial charge in [-0.25, -0.2) is 4.79 Å². The Hall–Kier alpha value is -3.15. The molecule has 148 valence electrons. The molecule has 1 unspecified atom stereocenters. The van der Waals surface area contributed by atoms with Crippen molar-refractivity contribution in [3.05, 3.63) is 71.8 Å². The average molecular weight is 382 g/mol. The zero-order valence-electron chi connectivity index (χ0n) is 16.2. The fourth-order valence-electron chi connectivity index (χ4n) is 2.87. The van der Waals surface area contributed by atoms with Gasteiger partial charge in [0.15, 0.2) is 0 Å². The van der Waals surface area contributed by atoms with E-state index in [1.807, 2.05) is 60.7 Å². The quantitative estimate of drug-likeness (QED) is 0.723. The first-order valence-corrected chi connectivity index (χ1v) is 9.24. The van der Waals surface area contributed by atoms with Crippen LogP contribution >= 0.6 is 0 Å². The van der Waals surface area contributed by atoms with Crippen LogP contribution in [0.1, 0.15) is 25.0 Å². The summed E-state index contributed by atoms with van der Waals surface area (Å²) in [6.07, 6.45) is 0.626. The maximum absolute atomic E-state index is 12.9. The molecule has 0 aromatic heterocycles. The van der Waals surface area contributed by atoms with Gasteiger partial charge in [0.05, 0.1) is 6.54 Å². The SMILES string of the molecule is CC(=O)N(CCc1ccccc1)CC(=O)N(Cc1ccccc1)C(C)C(=O)O. The summed E-state index contributed by atoms with van der Waals surface area (Å²) in [5.41, 5.74) is 1.91. The number of carbonyl (C=O) groups is 3. The second kappa shape index (κ2) is 10.3. The van der Waals surface area contributed by atoms with Crippen LogP contribution in [0.4, 0.5) is 0 Å². The topological polar surface area (TPSA) is 77.9 Å². The number of rotatable bonds is 9. The van der Waals surface area contributed by atoms with Crippen LogP contribution < -0.4 is 0 Å². The van der Waals surface area contributed by atoms with Crippen molar-refractivity contribution in [2.45, 2.75) is 32.9 Å². The smallest absolute Gasteiger partial charge is 0.326 e. The van der Waals surface area contributed by atoms with Crippen molar-refractivity contribution in [3.8, 4) is 0 Å². The number of carboxylic acids is 1. The number of hydrogen-bond donors (Lipinski definition) is 1. The van der Waals surface area contributed by atoms with Crippen LogP contribution in [0.15, 0.2) is 60.7 Å². The van der Waals surface area contributed by atoms with Gasteiger partial charge in [0, 0.05) is 20.0 Å². The first-order chi connectivity index (χ1) is 13.4. The van der Waals surface area contributed by atoms with Gasteiger partial charge in [-0.3, -0.25) is 9.59 Å². The van der Waals surface area contributed by atoms with Crippen LogP contribution in [0, 0.1) is 0 Å². The summed E-state index contributed by atoms with van der Waals surface area (Å²) in [6.45, 7) is 3.32. The maximum Gasteiger partial charge on any atom is 0.326 e. The Morgan fingerprint density at radius 1 is 0.929 bits per heavy atom. The molecule has 2 aromatic carbocycles. The number of amides is 2. The number of aliphatic carboxylic acids is 1. The van der Waals surface area contributed by atoms with Gasteiger partial charge in [0.2, 0.25) is 11.8 Å². The lowest BCUT2D eigenvalue weighted by molar-refractivity contribution is -0.151.